The number of fused-ring (bicyclic) bond motifs is 2. The van der Waals surface area contributed by atoms with Crippen molar-refractivity contribution in [1.82, 2.24) is 0 Å². The van der Waals surface area contributed by atoms with Crippen LogP contribution < -0.4 is 199 Å². The van der Waals surface area contributed by atoms with Crippen LogP contribution in [-0.2, 0) is 58.1 Å². The van der Waals surface area contributed by atoms with Crippen LogP contribution in [0.5, 0.6) is 0 Å². The van der Waals surface area contributed by atoms with Crippen LogP contribution in [0.3, 0.4) is 0 Å². The van der Waals surface area contributed by atoms with Crippen LogP contribution in [0.25, 0.3) is 21.5 Å². The number of aryl methyl sites for hydroxylation is 2. The molecule has 8 aromatic rings. The summed E-state index contributed by atoms with van der Waals surface area (Å²) in [4.78, 5) is 63.2. The van der Waals surface area contributed by atoms with Gasteiger partial charge in [0.25, 0.3) is 23.6 Å². The topological polar surface area (TPSA) is 362 Å². The van der Waals surface area contributed by atoms with E-state index in [1.165, 1.54) is 72.8 Å². The molecule has 8 rings (SSSR count). The molecule has 0 radical (unpaired) electrons. The Morgan fingerprint density at radius 2 is 0.833 bits per heavy atom. The van der Waals surface area contributed by atoms with Gasteiger partial charge in [0.15, 0.2) is 0 Å². The minimum Gasteiger partial charge on any atom is -0.746 e. The van der Waals surface area contributed by atoms with E-state index in [9.17, 15) is 75.9 Å². The number of hydrogen-bond donors (Lipinski definition) is 4. The van der Waals surface area contributed by atoms with Crippen molar-refractivity contribution < 1.29 is 253 Å². The second-order valence-electron chi connectivity index (χ2n) is 17.4. The van der Waals surface area contributed by atoms with Crippen LogP contribution in [-0.4, -0.2) is 81.3 Å². The maximum absolute atomic E-state index is 13.6. The van der Waals surface area contributed by atoms with Gasteiger partial charge in [0.2, 0.25) is 0 Å². The number of anilines is 4. The molecular weight excluding hydrogens is 1230 g/mol. The Bertz CT molecular complexity index is 4390. The van der Waals surface area contributed by atoms with Crippen LogP contribution >= 0.6 is 0 Å². The Morgan fingerprint density at radius 1 is 0.429 bits per heavy atom. The van der Waals surface area contributed by atoms with Crippen LogP contribution in [0.15, 0.2) is 153 Å². The van der Waals surface area contributed by atoms with E-state index in [0.29, 0.717) is 40.1 Å². The van der Waals surface area contributed by atoms with Crippen LogP contribution in [0.4, 0.5) is 22.7 Å². The summed E-state index contributed by atoms with van der Waals surface area (Å²) in [6.45, 7) is 3.30. The largest absolute Gasteiger partial charge is 1.00 e. The quantitative estimate of drug-likeness (QED) is 0.0396. The Kier molecular flexibility index (Phi) is 29.3. The second-order valence-corrected chi connectivity index (χ2v) is 22.9. The summed E-state index contributed by atoms with van der Waals surface area (Å²) in [5, 5.41) is 8.83. The average molecular weight is 1270 g/mol. The Morgan fingerprint density at radius 3 is 1.27 bits per heavy atom. The molecule has 0 fully saturated rings. The molecule has 4 N–H and O–H groups in total. The van der Waals surface area contributed by atoms with Crippen molar-refractivity contribution in [2.75, 3.05) is 21.3 Å². The molecule has 400 valence electrons. The number of benzene rings is 8. The zero-order valence-electron chi connectivity index (χ0n) is 46.2. The SMILES string of the molecule is Cc1ccc(C(=O)Nc2ccc(S(=O)(=O)[O-])c3c[c-]c[c-]c23)cc1NC(=O)c1cccc(CC(=O)Cc2cccc(C(=O)Nc3cc(C(=O)Nc4ccc(S(=O)(=O)[O-])c5cc(S(=O)(=O)[O-])cc(S(=O)(=O)[O-])c45)ccc3C)c2)c1.[Na+].[Na+].[Na+].[Na+].[Na+].[Na+]. The van der Waals surface area contributed by atoms with E-state index in [-0.39, 0.29) is 246 Å². The van der Waals surface area contributed by atoms with Gasteiger partial charge in [-0.15, -0.1) is 0 Å². The van der Waals surface area contributed by atoms with Crippen molar-refractivity contribution >= 4 is 114 Å². The van der Waals surface area contributed by atoms with Crippen molar-refractivity contribution in [2.24, 2.45) is 0 Å². The Hall–Kier alpha value is -2.53. The smallest absolute Gasteiger partial charge is 0.746 e. The van der Waals surface area contributed by atoms with E-state index in [1.54, 1.807) is 44.2 Å². The van der Waals surface area contributed by atoms with Gasteiger partial charge >= 0.3 is 177 Å². The predicted octanol–water partition coefficient (Wildman–Crippen LogP) is -11.8. The summed E-state index contributed by atoms with van der Waals surface area (Å²) in [5.74, 6) is -3.14. The molecule has 0 saturated heterocycles. The van der Waals surface area contributed by atoms with Crippen molar-refractivity contribution in [1.29, 1.82) is 0 Å². The van der Waals surface area contributed by atoms with Crippen LogP contribution in [0, 0.1) is 26.0 Å². The summed E-state index contributed by atoms with van der Waals surface area (Å²) < 4.78 is 144. The molecule has 0 atom stereocenters. The first kappa shape index (κ1) is 77.6. The summed E-state index contributed by atoms with van der Waals surface area (Å²) in [6, 6.07) is 33.4. The predicted molar refractivity (Wildman–Crippen MR) is 277 cm³/mol. The fourth-order valence-electron chi connectivity index (χ4n) is 8.26. The maximum Gasteiger partial charge on any atom is 1.00 e. The number of carbonyl (C=O) groups excluding carboxylic acids is 5. The van der Waals surface area contributed by atoms with Gasteiger partial charge in [-0.25, -0.2) is 44.4 Å². The average Bonchev–Trinajstić information content (AvgIpc) is 2.83. The number of ketones is 1. The fraction of sp³-hybridized carbons (Fsp3) is 0.0755. The minimum absolute atomic E-state index is 0. The van der Waals surface area contributed by atoms with Gasteiger partial charge in [0, 0.05) is 62.9 Å². The number of amides is 4. The van der Waals surface area contributed by atoms with E-state index < -0.39 is 100 Å². The first-order valence-corrected chi connectivity index (χ1v) is 28.1. The first-order chi connectivity index (χ1) is 36.5. The molecule has 84 heavy (non-hydrogen) atoms. The third kappa shape index (κ3) is 19.0. The van der Waals surface area contributed by atoms with E-state index in [1.807, 2.05) is 0 Å². The summed E-state index contributed by atoms with van der Waals surface area (Å²) in [5.41, 5.74) is 2.24. The minimum atomic E-state index is -5.71. The summed E-state index contributed by atoms with van der Waals surface area (Å²) in [7, 11) is -21.6. The van der Waals surface area contributed by atoms with Gasteiger partial charge in [-0.05, 0) is 120 Å². The maximum atomic E-state index is 13.6. The molecule has 0 aliphatic carbocycles. The number of nitrogens with one attached hydrogen (secondary N) is 4. The van der Waals surface area contributed by atoms with Gasteiger partial charge in [-0.2, -0.15) is 0 Å². The third-order valence-electron chi connectivity index (χ3n) is 12.0. The third-order valence-corrected chi connectivity index (χ3v) is 15.5. The van der Waals surface area contributed by atoms with Gasteiger partial charge in [-0.3, -0.25) is 30.0 Å². The Balaban J connectivity index is 0.00000401. The molecule has 0 bridgehead atoms. The Labute approximate surface area is 615 Å². The monoisotopic (exact) mass is 1270 g/mol. The van der Waals surface area contributed by atoms with E-state index >= 15 is 0 Å². The number of hydrogen-bond acceptors (Lipinski definition) is 17. The van der Waals surface area contributed by atoms with E-state index in [2.05, 4.69) is 33.4 Å². The van der Waals surface area contributed by atoms with E-state index in [0.717, 1.165) is 12.1 Å². The van der Waals surface area contributed by atoms with Gasteiger partial charge in [0.05, 0.1) is 20.4 Å². The first-order valence-electron chi connectivity index (χ1n) is 22.5. The fourth-order valence-corrected chi connectivity index (χ4v) is 10.9. The molecule has 8 aromatic carbocycles. The van der Waals surface area contributed by atoms with Gasteiger partial charge in [0.1, 0.15) is 46.3 Å². The van der Waals surface area contributed by atoms with Gasteiger partial charge in [-0.1, -0.05) is 42.5 Å². The molecule has 0 spiro atoms. The van der Waals surface area contributed by atoms with Crippen molar-refractivity contribution in [3.63, 3.8) is 0 Å². The molecule has 31 heteroatoms. The summed E-state index contributed by atoms with van der Waals surface area (Å²) in [6.07, 6.45) is -0.241. The molecule has 0 heterocycles. The summed E-state index contributed by atoms with van der Waals surface area (Å²) >= 11 is 0. The molecule has 0 aromatic heterocycles. The number of rotatable bonds is 16. The van der Waals surface area contributed by atoms with Gasteiger partial charge < -0.3 is 57.7 Å². The zero-order chi connectivity index (χ0) is 56.6. The van der Waals surface area contributed by atoms with Crippen LogP contribution in [0.1, 0.15) is 63.7 Å². The number of carbonyl (C=O) groups is 5. The molecule has 0 saturated carbocycles. The zero-order valence-corrected chi connectivity index (χ0v) is 61.5. The molecular formula is C53H36N4Na6O17S4. The molecule has 0 aliphatic heterocycles. The normalized spacial score (nSPS) is 11.1. The van der Waals surface area contributed by atoms with Crippen molar-refractivity contribution in [3.05, 3.63) is 190 Å². The van der Waals surface area contributed by atoms with E-state index in [4.69, 9.17) is 0 Å². The number of Topliss-reactive ketones (excluding diaryl/α,β-unsaturated/α-hetero) is 1. The molecule has 0 unspecified atom stereocenters. The molecule has 0 aliphatic rings. The van der Waals surface area contributed by atoms with Crippen molar-refractivity contribution in [2.45, 2.75) is 46.3 Å². The standard InChI is InChI=1S/C53H40N4O17S4.6Na/c1-29-13-15-35(52(61)54-42-17-19-46(76(66,67)68)40-12-4-3-11-39(40)42)25-44(29)56-50(59)33-9-5-7-31(21-33)23-37(58)24-32-8-6-10-34(22-32)51(60)57-45-26-36(16-14-30(45)2)53(62)55-43-18-20-47(77(69,70)71)41-27-38(75(63,64)65)28-48(49(41)43)78(72,73)74;;;;;;/h3,5-10,12-22,25-28H,23-24H2,1-2H3,(H,54,61)(H,55,62)(H,56,59)(H,57,60)(H,63,64,65)(H,66,67,68)(H,69,70,71)(H,72,73,74);;;;;;/q-2;6*+1/p-4. The molecule has 21 nitrogen and oxygen atoms in total. The molecule has 4 amide bonds. The van der Waals surface area contributed by atoms with Crippen molar-refractivity contribution in [3.8, 4) is 0 Å². The second kappa shape index (κ2) is 31.8. The van der Waals surface area contributed by atoms with Crippen LogP contribution in [0.2, 0.25) is 0 Å².